The summed E-state index contributed by atoms with van der Waals surface area (Å²) in [4.78, 5) is 23.3. The van der Waals surface area contributed by atoms with E-state index in [-0.39, 0.29) is 24.0 Å². The van der Waals surface area contributed by atoms with Crippen LogP contribution in [0.25, 0.3) is 0 Å². The number of fused-ring (bicyclic) bond motifs is 1. The first kappa shape index (κ1) is 25.9. The highest BCUT2D eigenvalue weighted by atomic mass is 32.2. The van der Waals surface area contributed by atoms with Crippen molar-refractivity contribution >= 4 is 23.7 Å². The van der Waals surface area contributed by atoms with Crippen molar-refractivity contribution in [2.24, 2.45) is 0 Å². The van der Waals surface area contributed by atoms with Crippen LogP contribution < -0.4 is 16.0 Å². The number of urea groups is 1. The van der Waals surface area contributed by atoms with Gasteiger partial charge in [0.15, 0.2) is 0 Å². The van der Waals surface area contributed by atoms with Crippen LogP contribution in [0.3, 0.4) is 0 Å². The minimum Gasteiger partial charge on any atom is -0.377 e. The van der Waals surface area contributed by atoms with Crippen LogP contribution in [0.2, 0.25) is 0 Å². The van der Waals surface area contributed by atoms with Gasteiger partial charge in [0.25, 0.3) is 0 Å². The van der Waals surface area contributed by atoms with Crippen molar-refractivity contribution in [1.82, 2.24) is 16.0 Å². The van der Waals surface area contributed by atoms with Crippen LogP contribution in [0.1, 0.15) is 25.7 Å². The van der Waals surface area contributed by atoms with Crippen molar-refractivity contribution in [2.45, 2.75) is 43.0 Å². The van der Waals surface area contributed by atoms with E-state index in [2.05, 4.69) is 22.5 Å². The number of amides is 3. The predicted molar refractivity (Wildman–Crippen MR) is 120 cm³/mol. The number of nitrogens with one attached hydrogen (secondary N) is 3. The molecule has 178 valence electrons. The third-order valence-electron chi connectivity index (χ3n) is 5.00. The van der Waals surface area contributed by atoms with Gasteiger partial charge in [0.05, 0.1) is 64.9 Å². The molecule has 9 nitrogen and oxygen atoms in total. The van der Waals surface area contributed by atoms with Crippen molar-refractivity contribution in [2.75, 3.05) is 65.2 Å². The number of unbranched alkanes of at least 4 members (excludes halogenated alkanes) is 1. The Morgan fingerprint density at radius 1 is 1.03 bits per heavy atom. The Hall–Kier alpha value is -1.33. The fraction of sp³-hybridized carbons (Fsp3) is 0.810. The Bertz CT molecular complexity index is 539. The summed E-state index contributed by atoms with van der Waals surface area (Å²) in [7, 11) is 0. The fourth-order valence-electron chi connectivity index (χ4n) is 3.45. The van der Waals surface area contributed by atoms with E-state index in [1.165, 1.54) is 0 Å². The van der Waals surface area contributed by atoms with Crippen LogP contribution in [-0.4, -0.2) is 94.4 Å². The van der Waals surface area contributed by atoms with Gasteiger partial charge < -0.3 is 34.9 Å². The van der Waals surface area contributed by atoms with E-state index in [1.54, 1.807) is 6.08 Å². The van der Waals surface area contributed by atoms with Crippen molar-refractivity contribution in [3.8, 4) is 0 Å². The lowest BCUT2D eigenvalue weighted by Crippen LogP contribution is -2.36. The maximum absolute atomic E-state index is 11.9. The van der Waals surface area contributed by atoms with E-state index in [0.29, 0.717) is 71.1 Å². The molecule has 3 N–H and O–H groups in total. The number of ether oxygens (including phenoxy) is 4. The van der Waals surface area contributed by atoms with Gasteiger partial charge in [-0.2, -0.15) is 11.8 Å². The molecule has 2 rings (SSSR count). The molecule has 0 radical (unpaired) electrons. The van der Waals surface area contributed by atoms with Gasteiger partial charge >= 0.3 is 6.03 Å². The number of hydrogen-bond donors (Lipinski definition) is 3. The van der Waals surface area contributed by atoms with Gasteiger partial charge in [-0.1, -0.05) is 12.5 Å². The lowest BCUT2D eigenvalue weighted by molar-refractivity contribution is -0.121. The number of carbonyl (C=O) groups is 2. The molecule has 2 heterocycles. The van der Waals surface area contributed by atoms with Crippen LogP contribution >= 0.6 is 11.8 Å². The second-order valence-corrected chi connectivity index (χ2v) is 8.69. The molecule has 0 spiro atoms. The van der Waals surface area contributed by atoms with Gasteiger partial charge in [-0.05, 0) is 12.8 Å². The Morgan fingerprint density at radius 3 is 2.42 bits per heavy atom. The predicted octanol–water partition coefficient (Wildman–Crippen LogP) is 1.08. The van der Waals surface area contributed by atoms with Gasteiger partial charge in [-0.25, -0.2) is 4.79 Å². The minimum absolute atomic E-state index is 0.0523. The molecule has 2 fully saturated rings. The highest BCUT2D eigenvalue weighted by molar-refractivity contribution is 8.00. The van der Waals surface area contributed by atoms with Crippen molar-refractivity contribution in [3.05, 3.63) is 12.7 Å². The number of carbonyl (C=O) groups excluding carboxylic acids is 2. The minimum atomic E-state index is -0.0523. The Morgan fingerprint density at radius 2 is 1.71 bits per heavy atom. The average Bonchev–Trinajstić information content (AvgIpc) is 3.30. The molecule has 0 aromatic heterocycles. The number of thioether (sulfide) groups is 1. The monoisotopic (exact) mass is 459 g/mol. The van der Waals surface area contributed by atoms with Crippen molar-refractivity contribution in [1.29, 1.82) is 0 Å². The van der Waals surface area contributed by atoms with Crippen molar-refractivity contribution in [3.63, 3.8) is 0 Å². The molecule has 3 atom stereocenters. The molecule has 0 unspecified atom stereocenters. The molecule has 0 bridgehead atoms. The van der Waals surface area contributed by atoms with Gasteiger partial charge in [-0.3, -0.25) is 4.79 Å². The highest BCUT2D eigenvalue weighted by Gasteiger charge is 2.42. The van der Waals surface area contributed by atoms with E-state index in [9.17, 15) is 9.59 Å². The summed E-state index contributed by atoms with van der Waals surface area (Å²) >= 11 is 1.91. The van der Waals surface area contributed by atoms with Gasteiger partial charge in [0.1, 0.15) is 0 Å². The van der Waals surface area contributed by atoms with E-state index in [0.717, 1.165) is 25.0 Å². The molecule has 0 saturated carbocycles. The third kappa shape index (κ3) is 11.2. The second kappa shape index (κ2) is 16.3. The lowest BCUT2D eigenvalue weighted by Gasteiger charge is -2.16. The maximum Gasteiger partial charge on any atom is 0.315 e. The lowest BCUT2D eigenvalue weighted by atomic mass is 10.0. The standard InChI is InChI=1S/C21H37N3O6S/c1-2-8-27-10-12-29-14-15-30-13-11-28-9-7-22-19(25)6-4-3-5-18-20-17(16-31-18)23-21(26)24-20/h2,17-18,20H,1,3-16H2,(H,22,25)(H2,23,24,26)/t17-,18-,20-/m1/s1. The quantitative estimate of drug-likeness (QED) is 0.151. The van der Waals surface area contributed by atoms with E-state index in [4.69, 9.17) is 18.9 Å². The first-order valence-corrected chi connectivity index (χ1v) is 12.1. The molecule has 2 aliphatic rings. The van der Waals surface area contributed by atoms with Gasteiger partial charge in [-0.15, -0.1) is 6.58 Å². The Balaban J connectivity index is 1.30. The van der Waals surface area contributed by atoms with E-state index < -0.39 is 0 Å². The zero-order chi connectivity index (χ0) is 22.2. The largest absolute Gasteiger partial charge is 0.377 e. The SMILES string of the molecule is C=CCOCCOCCOCCOCCNC(=O)CCCC[C@H]1SC[C@H]2NC(=O)N[C@H]21. The van der Waals surface area contributed by atoms with Crippen LogP contribution in [0, 0.1) is 0 Å². The summed E-state index contributed by atoms with van der Waals surface area (Å²) in [6, 6.07) is 0.447. The van der Waals surface area contributed by atoms with Crippen LogP contribution in [0.15, 0.2) is 12.7 Å². The van der Waals surface area contributed by atoms with Gasteiger partial charge in [0.2, 0.25) is 5.91 Å². The second-order valence-electron chi connectivity index (χ2n) is 7.42. The average molecular weight is 460 g/mol. The molecule has 10 heteroatoms. The Kier molecular flexibility index (Phi) is 13.7. The first-order chi connectivity index (χ1) is 15.2. The highest BCUT2D eigenvalue weighted by Crippen LogP contribution is 2.33. The van der Waals surface area contributed by atoms with Crippen LogP contribution in [0.4, 0.5) is 4.79 Å². The topological polar surface area (TPSA) is 107 Å². The molecule has 2 saturated heterocycles. The summed E-state index contributed by atoms with van der Waals surface area (Å²) in [6.07, 6.45) is 5.11. The van der Waals surface area contributed by atoms with E-state index in [1.807, 2.05) is 11.8 Å². The molecular weight excluding hydrogens is 422 g/mol. The molecule has 0 aromatic carbocycles. The summed E-state index contributed by atoms with van der Waals surface area (Å²) in [5, 5.41) is 9.27. The molecule has 3 amide bonds. The van der Waals surface area contributed by atoms with Crippen LogP contribution in [-0.2, 0) is 23.7 Å². The summed E-state index contributed by atoms with van der Waals surface area (Å²) in [6.45, 7) is 8.23. The smallest absolute Gasteiger partial charge is 0.315 e. The summed E-state index contributed by atoms with van der Waals surface area (Å²) in [5.74, 6) is 1.03. The van der Waals surface area contributed by atoms with Gasteiger partial charge in [0, 0.05) is 24.0 Å². The number of rotatable bonds is 19. The molecule has 0 aliphatic carbocycles. The maximum atomic E-state index is 11.9. The third-order valence-corrected chi connectivity index (χ3v) is 6.51. The summed E-state index contributed by atoms with van der Waals surface area (Å²) in [5.41, 5.74) is 0. The fourth-order valence-corrected chi connectivity index (χ4v) is 5.00. The zero-order valence-corrected chi connectivity index (χ0v) is 19.1. The summed E-state index contributed by atoms with van der Waals surface area (Å²) < 4.78 is 21.4. The van der Waals surface area contributed by atoms with Crippen molar-refractivity contribution < 1.29 is 28.5 Å². The zero-order valence-electron chi connectivity index (χ0n) is 18.3. The van der Waals surface area contributed by atoms with Crippen LogP contribution in [0.5, 0.6) is 0 Å². The molecule has 31 heavy (non-hydrogen) atoms. The Labute approximate surface area is 189 Å². The molecule has 2 aliphatic heterocycles. The van der Waals surface area contributed by atoms with E-state index >= 15 is 0 Å². The first-order valence-electron chi connectivity index (χ1n) is 11.1. The molecule has 0 aromatic rings. The molecular formula is C21H37N3O6S. The number of hydrogen-bond acceptors (Lipinski definition) is 7. The normalized spacial score (nSPS) is 22.1.